The summed E-state index contributed by atoms with van der Waals surface area (Å²) in [5.74, 6) is 1.20. The number of hydrogen-bond acceptors (Lipinski definition) is 6. The van der Waals surface area contributed by atoms with Crippen molar-refractivity contribution in [3.63, 3.8) is 0 Å². The number of carbonyl (C=O) groups excluding carboxylic acids is 1. The molecule has 0 aromatic carbocycles. The summed E-state index contributed by atoms with van der Waals surface area (Å²) >= 11 is 0. The van der Waals surface area contributed by atoms with Crippen LogP contribution in [0.3, 0.4) is 0 Å². The molecule has 8 heteroatoms. The number of ether oxygens (including phenoxy) is 1. The summed E-state index contributed by atoms with van der Waals surface area (Å²) in [6.45, 7) is 4.13. The summed E-state index contributed by atoms with van der Waals surface area (Å²) in [4.78, 5) is 28.5. The van der Waals surface area contributed by atoms with Crippen molar-refractivity contribution in [2.24, 2.45) is 0 Å². The summed E-state index contributed by atoms with van der Waals surface area (Å²) in [6, 6.07) is 2.99. The number of anilines is 1. The molecule has 0 saturated carbocycles. The molecule has 2 aromatic heterocycles. The minimum atomic E-state index is -0.511. The van der Waals surface area contributed by atoms with E-state index in [4.69, 9.17) is 4.74 Å². The molecule has 126 valence electrons. The predicted molar refractivity (Wildman–Crippen MR) is 85.6 cm³/mol. The highest BCUT2D eigenvalue weighted by Gasteiger charge is 2.23. The summed E-state index contributed by atoms with van der Waals surface area (Å²) in [7, 11) is 1.56. The fourth-order valence-corrected chi connectivity index (χ4v) is 2.64. The van der Waals surface area contributed by atoms with Crippen LogP contribution in [0.15, 0.2) is 24.5 Å². The maximum atomic E-state index is 13.2. The lowest BCUT2D eigenvalue weighted by Gasteiger charge is -2.35. The van der Waals surface area contributed by atoms with E-state index >= 15 is 0 Å². The van der Waals surface area contributed by atoms with Gasteiger partial charge in [0.05, 0.1) is 18.9 Å². The second-order valence-electron chi connectivity index (χ2n) is 5.49. The van der Waals surface area contributed by atoms with E-state index < -0.39 is 5.82 Å². The largest absolute Gasteiger partial charge is 0.481 e. The average Bonchev–Trinajstić information content (AvgIpc) is 2.60. The lowest BCUT2D eigenvalue weighted by Crippen LogP contribution is -2.49. The maximum Gasteiger partial charge on any atom is 0.255 e. The molecule has 3 rings (SSSR count). The van der Waals surface area contributed by atoms with Gasteiger partial charge in [0.1, 0.15) is 17.5 Å². The summed E-state index contributed by atoms with van der Waals surface area (Å²) in [5, 5.41) is 0. The third kappa shape index (κ3) is 3.42. The van der Waals surface area contributed by atoms with Gasteiger partial charge in [0.15, 0.2) is 0 Å². The van der Waals surface area contributed by atoms with E-state index in [0.29, 0.717) is 37.9 Å². The first-order chi connectivity index (χ1) is 11.6. The number of piperazine rings is 1. The number of pyridine rings is 1. The zero-order valence-electron chi connectivity index (χ0n) is 13.6. The molecule has 1 fully saturated rings. The molecule has 7 nitrogen and oxygen atoms in total. The van der Waals surface area contributed by atoms with Crippen molar-refractivity contribution in [3.8, 4) is 5.88 Å². The second-order valence-corrected chi connectivity index (χ2v) is 5.49. The number of amides is 1. The first kappa shape index (κ1) is 16.1. The fraction of sp³-hybridized carbons (Fsp3) is 0.375. The van der Waals surface area contributed by atoms with Crippen LogP contribution < -0.4 is 9.64 Å². The highest BCUT2D eigenvalue weighted by molar-refractivity contribution is 5.94. The molecular weight excluding hydrogens is 313 g/mol. The van der Waals surface area contributed by atoms with Crippen LogP contribution in [-0.2, 0) is 0 Å². The molecular formula is C16H18FN5O2. The Morgan fingerprint density at radius 3 is 2.58 bits per heavy atom. The van der Waals surface area contributed by atoms with E-state index in [2.05, 4.69) is 19.9 Å². The number of halogens is 1. The molecule has 0 unspecified atom stereocenters. The highest BCUT2D eigenvalue weighted by atomic mass is 19.1. The first-order valence-electron chi connectivity index (χ1n) is 7.61. The molecule has 24 heavy (non-hydrogen) atoms. The van der Waals surface area contributed by atoms with E-state index in [0.717, 1.165) is 12.0 Å². The van der Waals surface area contributed by atoms with E-state index in [1.807, 2.05) is 6.92 Å². The Balaban J connectivity index is 1.67. The second kappa shape index (κ2) is 6.77. The van der Waals surface area contributed by atoms with Gasteiger partial charge in [-0.3, -0.25) is 9.78 Å². The number of methoxy groups -OCH3 is 1. The minimum absolute atomic E-state index is 0.210. The Morgan fingerprint density at radius 2 is 1.92 bits per heavy atom. The number of rotatable bonds is 3. The van der Waals surface area contributed by atoms with E-state index in [9.17, 15) is 9.18 Å². The van der Waals surface area contributed by atoms with Gasteiger partial charge in [-0.15, -0.1) is 0 Å². The Kier molecular flexibility index (Phi) is 4.54. The topological polar surface area (TPSA) is 71.5 Å². The molecule has 1 amide bonds. The molecule has 1 saturated heterocycles. The first-order valence-corrected chi connectivity index (χ1v) is 7.61. The zero-order chi connectivity index (χ0) is 17.1. The third-order valence-corrected chi connectivity index (χ3v) is 3.85. The summed E-state index contributed by atoms with van der Waals surface area (Å²) in [6.07, 6.45) is 2.47. The lowest BCUT2D eigenvalue weighted by molar-refractivity contribution is 0.0745. The zero-order valence-corrected chi connectivity index (χ0v) is 13.6. The van der Waals surface area contributed by atoms with Gasteiger partial charge in [-0.25, -0.2) is 9.37 Å². The Hall–Kier alpha value is -2.77. The molecule has 0 N–H and O–H groups in total. The van der Waals surface area contributed by atoms with Gasteiger partial charge in [-0.2, -0.15) is 4.98 Å². The summed E-state index contributed by atoms with van der Waals surface area (Å²) < 4.78 is 18.4. The standard InChI is InChI=1S/C16H18FN5O2/c1-11-19-14(8-15(20-11)24-2)21-3-5-22(6-4-21)16(23)12-7-13(17)10-18-9-12/h7-10H,3-6H2,1-2H3. The van der Waals surface area contributed by atoms with Gasteiger partial charge >= 0.3 is 0 Å². The number of aryl methyl sites for hydroxylation is 1. The van der Waals surface area contributed by atoms with E-state index in [1.165, 1.54) is 12.3 Å². The van der Waals surface area contributed by atoms with Crippen molar-refractivity contribution in [2.45, 2.75) is 6.92 Å². The van der Waals surface area contributed by atoms with Crippen molar-refractivity contribution >= 4 is 11.7 Å². The van der Waals surface area contributed by atoms with Gasteiger partial charge in [-0.1, -0.05) is 0 Å². The minimum Gasteiger partial charge on any atom is -0.481 e. The summed E-state index contributed by atoms with van der Waals surface area (Å²) in [5.41, 5.74) is 0.267. The molecule has 0 radical (unpaired) electrons. The Morgan fingerprint density at radius 1 is 1.17 bits per heavy atom. The Labute approximate surface area is 139 Å². The van der Waals surface area contributed by atoms with Crippen molar-refractivity contribution in [3.05, 3.63) is 41.7 Å². The molecule has 0 aliphatic carbocycles. The molecule has 1 aliphatic heterocycles. The number of nitrogens with zero attached hydrogens (tertiary/aromatic N) is 5. The van der Waals surface area contributed by atoms with Crippen LogP contribution in [-0.4, -0.2) is 59.0 Å². The monoisotopic (exact) mass is 331 g/mol. The Bertz CT molecular complexity index is 747. The molecule has 0 spiro atoms. The van der Waals surface area contributed by atoms with Crippen molar-refractivity contribution in [2.75, 3.05) is 38.2 Å². The third-order valence-electron chi connectivity index (χ3n) is 3.85. The molecule has 0 bridgehead atoms. The lowest BCUT2D eigenvalue weighted by atomic mass is 10.2. The van der Waals surface area contributed by atoms with Crippen LogP contribution >= 0.6 is 0 Å². The van der Waals surface area contributed by atoms with E-state index in [1.54, 1.807) is 18.1 Å². The molecule has 0 atom stereocenters. The van der Waals surface area contributed by atoms with Gasteiger partial charge in [-0.05, 0) is 13.0 Å². The van der Waals surface area contributed by atoms with Gasteiger partial charge in [0, 0.05) is 38.4 Å². The van der Waals surface area contributed by atoms with Gasteiger partial charge in [0.2, 0.25) is 5.88 Å². The van der Waals surface area contributed by atoms with Crippen LogP contribution in [0.25, 0.3) is 0 Å². The quantitative estimate of drug-likeness (QED) is 0.844. The van der Waals surface area contributed by atoms with Gasteiger partial charge < -0.3 is 14.5 Å². The molecule has 3 heterocycles. The van der Waals surface area contributed by atoms with E-state index in [-0.39, 0.29) is 11.5 Å². The molecule has 2 aromatic rings. The van der Waals surface area contributed by atoms with Crippen LogP contribution in [0.1, 0.15) is 16.2 Å². The fourth-order valence-electron chi connectivity index (χ4n) is 2.64. The number of hydrogen-bond donors (Lipinski definition) is 0. The SMILES string of the molecule is COc1cc(N2CCN(C(=O)c3cncc(F)c3)CC2)nc(C)n1. The van der Waals surface area contributed by atoms with Crippen molar-refractivity contribution in [1.82, 2.24) is 19.9 Å². The number of carbonyl (C=O) groups is 1. The van der Waals surface area contributed by atoms with Crippen molar-refractivity contribution in [1.29, 1.82) is 0 Å². The smallest absolute Gasteiger partial charge is 0.255 e. The van der Waals surface area contributed by atoms with Crippen LogP contribution in [0, 0.1) is 12.7 Å². The predicted octanol–water partition coefficient (Wildman–Crippen LogP) is 1.29. The normalized spacial score (nSPS) is 14.6. The van der Waals surface area contributed by atoms with Crippen molar-refractivity contribution < 1.29 is 13.9 Å². The van der Waals surface area contributed by atoms with Crippen LogP contribution in [0.4, 0.5) is 10.2 Å². The average molecular weight is 331 g/mol. The highest BCUT2D eigenvalue weighted by Crippen LogP contribution is 2.19. The van der Waals surface area contributed by atoms with Gasteiger partial charge in [0.25, 0.3) is 5.91 Å². The number of aromatic nitrogens is 3. The maximum absolute atomic E-state index is 13.2. The van der Waals surface area contributed by atoms with Crippen LogP contribution in [0.5, 0.6) is 5.88 Å². The van der Waals surface area contributed by atoms with Crippen LogP contribution in [0.2, 0.25) is 0 Å². The molecule has 1 aliphatic rings.